The molecule has 0 radical (unpaired) electrons. The number of anilines is 1. The molecule has 2 fully saturated rings. The van der Waals surface area contributed by atoms with Gasteiger partial charge in [-0.2, -0.15) is 0 Å². The van der Waals surface area contributed by atoms with Crippen molar-refractivity contribution in [3.05, 3.63) is 12.2 Å². The molecule has 0 spiro atoms. The molecule has 0 bridgehead atoms. The average molecular weight is 429 g/mol. The van der Waals surface area contributed by atoms with E-state index in [4.69, 9.17) is 31.1 Å². The third-order valence-corrected chi connectivity index (χ3v) is 5.33. The van der Waals surface area contributed by atoms with Gasteiger partial charge in [-0.15, -0.1) is 6.42 Å². The lowest BCUT2D eigenvalue weighted by atomic mass is 9.98. The lowest BCUT2D eigenvalue weighted by Gasteiger charge is -2.28. The number of imidazole rings is 1. The molecule has 0 aliphatic carbocycles. The number of nitrogen functional groups attached to an aromatic ring is 1. The zero-order valence-electron chi connectivity index (χ0n) is 17.1. The van der Waals surface area contributed by atoms with E-state index < -0.39 is 30.1 Å². The molecule has 11 heteroatoms. The molecule has 4 heterocycles. The molecule has 2 aromatic heterocycles. The predicted molar refractivity (Wildman–Crippen MR) is 106 cm³/mol. The molecule has 164 valence electrons. The summed E-state index contributed by atoms with van der Waals surface area (Å²) in [5.41, 5.74) is 5.33. The van der Waals surface area contributed by atoms with Crippen molar-refractivity contribution >= 4 is 29.1 Å². The van der Waals surface area contributed by atoms with Gasteiger partial charge in [0.25, 0.3) is 0 Å². The maximum Gasteiger partial charge on any atom is 0.508 e. The number of cyclic esters (lactones) is 2. The van der Waals surface area contributed by atoms with E-state index in [1.54, 1.807) is 11.5 Å². The first kappa shape index (κ1) is 20.9. The quantitative estimate of drug-likeness (QED) is 0.525. The van der Waals surface area contributed by atoms with Crippen LogP contribution < -0.4 is 5.73 Å². The van der Waals surface area contributed by atoms with E-state index in [1.807, 2.05) is 0 Å². The SMILES string of the molecule is C#C[C@@]12COC(=O)CCCCCOC(=O)O[C@H]1C[C@H](n1cnc3c(N)nc(C)nc31)O2. The monoisotopic (exact) mass is 429 g/mol. The number of hydrogen-bond acceptors (Lipinski definition) is 10. The van der Waals surface area contributed by atoms with Crippen LogP contribution in [0.5, 0.6) is 0 Å². The first-order valence-electron chi connectivity index (χ1n) is 10.0. The third kappa shape index (κ3) is 4.11. The Morgan fingerprint density at radius 1 is 1.26 bits per heavy atom. The number of rotatable bonds is 1. The Morgan fingerprint density at radius 3 is 2.90 bits per heavy atom. The van der Waals surface area contributed by atoms with Crippen LogP contribution in [0.1, 0.15) is 44.2 Å². The van der Waals surface area contributed by atoms with Gasteiger partial charge in [0.1, 0.15) is 24.2 Å². The van der Waals surface area contributed by atoms with E-state index in [9.17, 15) is 9.59 Å². The Kier molecular flexibility index (Phi) is 5.65. The van der Waals surface area contributed by atoms with Crippen LogP contribution >= 0.6 is 0 Å². The van der Waals surface area contributed by atoms with Gasteiger partial charge in [0.05, 0.1) is 12.9 Å². The minimum Gasteiger partial charge on any atom is -0.461 e. The van der Waals surface area contributed by atoms with E-state index in [0.29, 0.717) is 29.8 Å². The van der Waals surface area contributed by atoms with E-state index >= 15 is 0 Å². The summed E-state index contributed by atoms with van der Waals surface area (Å²) in [5.74, 6) is 2.84. The molecular weight excluding hydrogens is 406 g/mol. The summed E-state index contributed by atoms with van der Waals surface area (Å²) in [5, 5.41) is 0. The van der Waals surface area contributed by atoms with Crippen LogP contribution in [-0.2, 0) is 23.7 Å². The Bertz CT molecular complexity index is 1050. The first-order valence-corrected chi connectivity index (χ1v) is 10.0. The van der Waals surface area contributed by atoms with E-state index in [0.717, 1.165) is 6.42 Å². The molecule has 4 rings (SSSR count). The number of fused-ring (bicyclic) bond motifs is 2. The molecule has 3 atom stereocenters. The number of hydrogen-bond donors (Lipinski definition) is 1. The number of carbonyl (C=O) groups is 2. The zero-order chi connectivity index (χ0) is 22.0. The standard InChI is InChI=1S/C20H23N5O6/c1-3-20-10-29-15(26)7-5-4-6-8-28-19(27)30-13(20)9-14(31-20)25-11-22-16-17(21)23-12(2)24-18(16)25/h1,11,13-14H,4-10H2,2H3,(H2,21,23,24)/t13-,14+,20+/m0/s1. The fraction of sp³-hybridized carbons (Fsp3) is 0.550. The zero-order valence-corrected chi connectivity index (χ0v) is 17.1. The van der Waals surface area contributed by atoms with Crippen LogP contribution in [0.2, 0.25) is 0 Å². The van der Waals surface area contributed by atoms with Gasteiger partial charge in [-0.25, -0.2) is 19.7 Å². The minimum absolute atomic E-state index is 0.172. The predicted octanol–water partition coefficient (Wildman–Crippen LogP) is 1.65. The Hall–Kier alpha value is -3.39. The largest absolute Gasteiger partial charge is 0.508 e. The van der Waals surface area contributed by atoms with E-state index in [2.05, 4.69) is 20.9 Å². The van der Waals surface area contributed by atoms with Crippen molar-refractivity contribution in [1.29, 1.82) is 0 Å². The van der Waals surface area contributed by atoms with Crippen LogP contribution in [-0.4, -0.2) is 56.6 Å². The second-order valence-corrected chi connectivity index (χ2v) is 7.50. The van der Waals surface area contributed by atoms with Crippen LogP contribution in [0, 0.1) is 19.3 Å². The lowest BCUT2D eigenvalue weighted by Crippen LogP contribution is -2.45. The summed E-state index contributed by atoms with van der Waals surface area (Å²) in [7, 11) is 0. The van der Waals surface area contributed by atoms with Gasteiger partial charge in [0.2, 0.25) is 5.60 Å². The number of esters is 1. The van der Waals surface area contributed by atoms with E-state index in [-0.39, 0.29) is 31.9 Å². The van der Waals surface area contributed by atoms with Crippen molar-refractivity contribution in [3.63, 3.8) is 0 Å². The number of nitrogens with zero attached hydrogens (tertiary/aromatic N) is 4. The summed E-state index contributed by atoms with van der Waals surface area (Å²) < 4.78 is 23.8. The number of aromatic nitrogens is 4. The fourth-order valence-corrected chi connectivity index (χ4v) is 3.73. The Morgan fingerprint density at radius 2 is 2.10 bits per heavy atom. The molecule has 2 N–H and O–H groups in total. The minimum atomic E-state index is -1.49. The highest BCUT2D eigenvalue weighted by molar-refractivity contribution is 5.81. The fourth-order valence-electron chi connectivity index (χ4n) is 3.73. The third-order valence-electron chi connectivity index (χ3n) is 5.33. The van der Waals surface area contributed by atoms with Crippen molar-refractivity contribution in [3.8, 4) is 12.3 Å². The highest BCUT2D eigenvalue weighted by atomic mass is 16.7. The molecule has 2 aromatic rings. The van der Waals surface area contributed by atoms with Gasteiger partial charge in [0.15, 0.2) is 17.6 Å². The molecule has 2 aliphatic heterocycles. The number of aryl methyl sites for hydroxylation is 1. The Labute approximate surface area is 178 Å². The van der Waals surface area contributed by atoms with Crippen molar-refractivity contribution in [2.45, 2.75) is 57.0 Å². The van der Waals surface area contributed by atoms with Crippen LogP contribution in [0.15, 0.2) is 6.33 Å². The van der Waals surface area contributed by atoms with Crippen molar-refractivity contribution in [2.75, 3.05) is 18.9 Å². The number of nitrogens with two attached hydrogens (primary N) is 1. The number of terminal acetylenes is 1. The van der Waals surface area contributed by atoms with Gasteiger partial charge in [0, 0.05) is 12.8 Å². The topological polar surface area (TPSA) is 141 Å². The van der Waals surface area contributed by atoms with Gasteiger partial charge in [-0.3, -0.25) is 9.36 Å². The molecule has 0 amide bonds. The van der Waals surface area contributed by atoms with Crippen LogP contribution in [0.4, 0.5) is 10.6 Å². The van der Waals surface area contributed by atoms with Crippen molar-refractivity contribution < 1.29 is 28.5 Å². The summed E-state index contributed by atoms with van der Waals surface area (Å²) in [6.45, 7) is 1.63. The summed E-state index contributed by atoms with van der Waals surface area (Å²) in [4.78, 5) is 37.1. The molecule has 2 aliphatic rings. The normalized spacial score (nSPS) is 27.6. The van der Waals surface area contributed by atoms with Gasteiger partial charge in [-0.1, -0.05) is 5.92 Å². The summed E-state index contributed by atoms with van der Waals surface area (Å²) in [6, 6.07) is 0. The molecule has 31 heavy (non-hydrogen) atoms. The highest BCUT2D eigenvalue weighted by Crippen LogP contribution is 2.40. The maximum atomic E-state index is 12.2. The summed E-state index contributed by atoms with van der Waals surface area (Å²) >= 11 is 0. The van der Waals surface area contributed by atoms with Gasteiger partial charge in [-0.05, 0) is 26.2 Å². The molecule has 0 unspecified atom stereocenters. The maximum absolute atomic E-state index is 12.2. The van der Waals surface area contributed by atoms with E-state index in [1.165, 1.54) is 6.33 Å². The van der Waals surface area contributed by atoms with Crippen molar-refractivity contribution in [1.82, 2.24) is 19.5 Å². The molecule has 0 saturated carbocycles. The summed E-state index contributed by atoms with van der Waals surface area (Å²) in [6.07, 6.45) is 7.21. The van der Waals surface area contributed by atoms with Crippen molar-refractivity contribution in [2.24, 2.45) is 0 Å². The molecular formula is C20H23N5O6. The molecule has 2 saturated heterocycles. The number of ether oxygens (including phenoxy) is 4. The first-order chi connectivity index (χ1) is 14.9. The van der Waals surface area contributed by atoms with Gasteiger partial charge >= 0.3 is 12.1 Å². The van der Waals surface area contributed by atoms with Crippen LogP contribution in [0.25, 0.3) is 11.2 Å². The van der Waals surface area contributed by atoms with Gasteiger partial charge < -0.3 is 24.7 Å². The molecule has 11 nitrogen and oxygen atoms in total. The lowest BCUT2D eigenvalue weighted by molar-refractivity contribution is -0.157. The second kappa shape index (κ2) is 8.39. The second-order valence-electron chi connectivity index (χ2n) is 7.50. The van der Waals surface area contributed by atoms with Crippen LogP contribution in [0.3, 0.4) is 0 Å². The highest BCUT2D eigenvalue weighted by Gasteiger charge is 2.52. The molecule has 0 aromatic carbocycles. The smallest absolute Gasteiger partial charge is 0.461 e. The number of carbonyl (C=O) groups excluding carboxylic acids is 2. The Balaban J connectivity index is 1.66. The average Bonchev–Trinajstić information content (AvgIpc) is 3.30.